The van der Waals surface area contributed by atoms with Crippen molar-refractivity contribution in [2.45, 2.75) is 31.8 Å². The highest BCUT2D eigenvalue weighted by Gasteiger charge is 2.25. The molecule has 13 nitrogen and oxygen atoms in total. The monoisotopic (exact) mass is 555 g/mol. The van der Waals surface area contributed by atoms with Gasteiger partial charge in [-0.2, -0.15) is 9.97 Å². The zero-order valence-corrected chi connectivity index (χ0v) is 22.3. The van der Waals surface area contributed by atoms with Crippen LogP contribution >= 0.6 is 0 Å². The Bertz CT molecular complexity index is 1610. The van der Waals surface area contributed by atoms with E-state index in [1.165, 1.54) is 7.11 Å². The second-order valence-electron chi connectivity index (χ2n) is 9.52. The fourth-order valence-corrected chi connectivity index (χ4v) is 4.68. The fraction of sp³-hybridized carbons (Fsp3) is 0.250. The predicted molar refractivity (Wildman–Crippen MR) is 153 cm³/mol. The van der Waals surface area contributed by atoms with E-state index in [9.17, 15) is 14.4 Å². The number of methoxy groups -OCH3 is 1. The minimum Gasteiger partial charge on any atom is -0.467 e. The van der Waals surface area contributed by atoms with Gasteiger partial charge in [-0.25, -0.2) is 14.8 Å². The molecule has 0 radical (unpaired) electrons. The number of nitrogens with two attached hydrogens (primary N) is 2. The third-order valence-corrected chi connectivity index (χ3v) is 6.70. The summed E-state index contributed by atoms with van der Waals surface area (Å²) < 4.78 is 4.86. The highest BCUT2D eigenvalue weighted by atomic mass is 16.5. The number of nitrogens with zero attached hydrogens (tertiary/aromatic N) is 5. The molecule has 1 aliphatic rings. The summed E-state index contributed by atoms with van der Waals surface area (Å²) in [7, 11) is 1.24. The molecule has 2 aromatic heterocycles. The molecule has 0 spiro atoms. The molecule has 1 atom stereocenters. The van der Waals surface area contributed by atoms with Crippen LogP contribution in [0.25, 0.3) is 11.2 Å². The molecule has 4 aromatic rings. The first-order valence-electron chi connectivity index (χ1n) is 13.0. The van der Waals surface area contributed by atoms with E-state index in [0.717, 1.165) is 24.2 Å². The largest absolute Gasteiger partial charge is 0.467 e. The highest BCUT2D eigenvalue weighted by molar-refractivity contribution is 5.98. The van der Waals surface area contributed by atoms with Gasteiger partial charge in [-0.05, 0) is 48.7 Å². The van der Waals surface area contributed by atoms with Gasteiger partial charge in [-0.15, -0.1) is 0 Å². The van der Waals surface area contributed by atoms with Crippen molar-refractivity contribution in [3.63, 3.8) is 0 Å². The Morgan fingerprint density at radius 1 is 1.07 bits per heavy atom. The molecule has 13 heteroatoms. The number of benzene rings is 2. The normalized spacial score (nSPS) is 13.0. The number of para-hydroxylation sites is 1. The number of fused-ring (bicyclic) bond motifs is 2. The molecule has 41 heavy (non-hydrogen) atoms. The number of ether oxygens (including phenoxy) is 1. The Kier molecular flexibility index (Phi) is 7.85. The number of esters is 1. The van der Waals surface area contributed by atoms with Gasteiger partial charge in [0, 0.05) is 29.9 Å². The SMILES string of the molecule is COC(=O)[C@H](CCC(=O)Nc1ccccc1)NC(=O)c1ccc2c(c1)CCN2Cc1cnc2nc(N)nc(N)c2n1. The number of hydrogen-bond acceptors (Lipinski definition) is 11. The van der Waals surface area contributed by atoms with Crippen molar-refractivity contribution >= 4 is 52.1 Å². The van der Waals surface area contributed by atoms with Crippen molar-refractivity contribution in [1.29, 1.82) is 0 Å². The lowest BCUT2D eigenvalue weighted by Gasteiger charge is -2.20. The van der Waals surface area contributed by atoms with E-state index in [2.05, 4.69) is 35.5 Å². The Hall–Kier alpha value is -5.33. The summed E-state index contributed by atoms with van der Waals surface area (Å²) in [6, 6.07) is 13.4. The number of amides is 2. The van der Waals surface area contributed by atoms with E-state index < -0.39 is 17.9 Å². The molecule has 210 valence electrons. The molecule has 0 fully saturated rings. The zero-order chi connectivity index (χ0) is 28.9. The maximum Gasteiger partial charge on any atom is 0.328 e. The van der Waals surface area contributed by atoms with Crippen molar-refractivity contribution in [3.8, 4) is 0 Å². The minimum absolute atomic E-state index is 0.0247. The summed E-state index contributed by atoms with van der Waals surface area (Å²) in [5, 5.41) is 5.48. The topological polar surface area (TPSA) is 191 Å². The number of carbonyl (C=O) groups excluding carboxylic acids is 3. The first kappa shape index (κ1) is 27.2. The summed E-state index contributed by atoms with van der Waals surface area (Å²) in [5.74, 6) is -1.12. The summed E-state index contributed by atoms with van der Waals surface area (Å²) in [6.45, 7) is 1.19. The second kappa shape index (κ2) is 11.8. The van der Waals surface area contributed by atoms with Crippen LogP contribution in [0.4, 0.5) is 23.1 Å². The van der Waals surface area contributed by atoms with Crippen LogP contribution in [0.5, 0.6) is 0 Å². The molecule has 2 aromatic carbocycles. The molecular formula is C28H29N9O4. The number of aromatic nitrogens is 4. The second-order valence-corrected chi connectivity index (χ2v) is 9.52. The van der Waals surface area contributed by atoms with Gasteiger partial charge in [0.15, 0.2) is 17.0 Å². The van der Waals surface area contributed by atoms with Gasteiger partial charge in [-0.3, -0.25) is 9.59 Å². The van der Waals surface area contributed by atoms with Gasteiger partial charge in [0.05, 0.1) is 25.5 Å². The molecule has 1 aliphatic heterocycles. The van der Waals surface area contributed by atoms with E-state index in [0.29, 0.717) is 34.7 Å². The smallest absolute Gasteiger partial charge is 0.328 e. The Labute approximate surface area is 235 Å². The van der Waals surface area contributed by atoms with E-state index >= 15 is 0 Å². The lowest BCUT2D eigenvalue weighted by molar-refractivity contribution is -0.143. The van der Waals surface area contributed by atoms with Crippen molar-refractivity contribution in [2.75, 3.05) is 35.3 Å². The van der Waals surface area contributed by atoms with Crippen LogP contribution in [0.1, 0.15) is 34.5 Å². The van der Waals surface area contributed by atoms with Crippen molar-refractivity contribution < 1.29 is 19.1 Å². The minimum atomic E-state index is -0.975. The third-order valence-electron chi connectivity index (χ3n) is 6.70. The Morgan fingerprint density at radius 3 is 2.66 bits per heavy atom. The Morgan fingerprint density at radius 2 is 1.88 bits per heavy atom. The molecule has 0 unspecified atom stereocenters. The summed E-state index contributed by atoms with van der Waals surface area (Å²) in [6.07, 6.45) is 2.46. The molecule has 0 aliphatic carbocycles. The maximum absolute atomic E-state index is 13.1. The number of rotatable bonds is 9. The zero-order valence-electron chi connectivity index (χ0n) is 22.3. The first-order chi connectivity index (χ1) is 19.8. The van der Waals surface area contributed by atoms with Gasteiger partial charge in [-0.1, -0.05) is 18.2 Å². The summed E-state index contributed by atoms with van der Waals surface area (Å²) in [5.41, 5.74) is 16.0. The standard InChI is InChI=1S/C28H29N9O4/c1-41-27(40)20(8-10-22(38)32-18-5-3-2-4-6-18)34-26(39)17-7-9-21-16(13-17)11-12-37(21)15-19-14-31-25-23(33-19)24(29)35-28(30)36-25/h2-7,9,13-14,20H,8,10-12,15H2,1H3,(H,32,38)(H,34,39)(H4,29,30,31,35,36)/t20-/m0/s1. The molecule has 0 saturated carbocycles. The van der Waals surface area contributed by atoms with Crippen LogP contribution in [-0.4, -0.2) is 57.4 Å². The van der Waals surface area contributed by atoms with Crippen molar-refractivity contribution in [3.05, 3.63) is 71.5 Å². The van der Waals surface area contributed by atoms with Crippen LogP contribution in [0.2, 0.25) is 0 Å². The lowest BCUT2D eigenvalue weighted by Crippen LogP contribution is -2.42. The van der Waals surface area contributed by atoms with E-state index in [-0.39, 0.29) is 30.5 Å². The van der Waals surface area contributed by atoms with Gasteiger partial charge < -0.3 is 31.7 Å². The van der Waals surface area contributed by atoms with Crippen molar-refractivity contribution in [1.82, 2.24) is 25.3 Å². The van der Waals surface area contributed by atoms with E-state index in [4.69, 9.17) is 16.2 Å². The molecular weight excluding hydrogens is 526 g/mol. The molecule has 3 heterocycles. The predicted octanol–water partition coefficient (Wildman–Crippen LogP) is 1.84. The number of hydrogen-bond donors (Lipinski definition) is 4. The summed E-state index contributed by atoms with van der Waals surface area (Å²) >= 11 is 0. The van der Waals surface area contributed by atoms with Crippen LogP contribution in [0, 0.1) is 0 Å². The van der Waals surface area contributed by atoms with Crippen LogP contribution < -0.4 is 27.0 Å². The summed E-state index contributed by atoms with van der Waals surface area (Å²) in [4.78, 5) is 56.8. The van der Waals surface area contributed by atoms with Gasteiger partial charge in [0.1, 0.15) is 6.04 Å². The number of anilines is 4. The first-order valence-corrected chi connectivity index (χ1v) is 13.0. The molecule has 2 amide bonds. The van der Waals surface area contributed by atoms with Crippen LogP contribution in [0.3, 0.4) is 0 Å². The third kappa shape index (κ3) is 6.30. The molecule has 0 saturated heterocycles. The quantitative estimate of drug-likeness (QED) is 0.220. The number of carbonyl (C=O) groups is 3. The molecule has 5 rings (SSSR count). The van der Waals surface area contributed by atoms with Gasteiger partial charge in [0.2, 0.25) is 11.9 Å². The van der Waals surface area contributed by atoms with Gasteiger partial charge in [0.25, 0.3) is 5.91 Å². The van der Waals surface area contributed by atoms with Crippen LogP contribution in [0.15, 0.2) is 54.7 Å². The highest BCUT2D eigenvalue weighted by Crippen LogP contribution is 2.30. The van der Waals surface area contributed by atoms with Crippen LogP contribution in [-0.2, 0) is 27.3 Å². The number of nitrogen functional groups attached to an aromatic ring is 2. The van der Waals surface area contributed by atoms with E-state index in [1.54, 1.807) is 24.4 Å². The lowest BCUT2D eigenvalue weighted by atomic mass is 10.1. The Balaban J connectivity index is 1.23. The van der Waals surface area contributed by atoms with Crippen molar-refractivity contribution in [2.24, 2.45) is 0 Å². The average Bonchev–Trinajstić information content (AvgIpc) is 3.37. The van der Waals surface area contributed by atoms with Gasteiger partial charge >= 0.3 is 5.97 Å². The average molecular weight is 556 g/mol. The fourth-order valence-electron chi connectivity index (χ4n) is 4.68. The molecule has 0 bridgehead atoms. The maximum atomic E-state index is 13.1. The molecule has 6 N–H and O–H groups in total. The van der Waals surface area contributed by atoms with E-state index in [1.807, 2.05) is 30.3 Å². The number of nitrogens with one attached hydrogen (secondary N) is 2.